The molecule has 150 valence electrons. The number of nitrogens with zero attached hydrogens (tertiary/aromatic N) is 4. The van der Waals surface area contributed by atoms with E-state index in [1.54, 1.807) is 0 Å². The quantitative estimate of drug-likeness (QED) is 0.506. The molecule has 0 saturated carbocycles. The summed E-state index contributed by atoms with van der Waals surface area (Å²) in [4.78, 5) is 16.9. The molecule has 2 heterocycles. The van der Waals surface area contributed by atoms with Crippen molar-refractivity contribution >= 4 is 33.6 Å². The Morgan fingerprint density at radius 3 is 2.48 bits per heavy atom. The van der Waals surface area contributed by atoms with Crippen molar-refractivity contribution in [2.24, 2.45) is 0 Å². The number of hydrogen-bond donors (Lipinski definition) is 0. The molecule has 6 nitrogen and oxygen atoms in total. The second-order valence-corrected chi connectivity index (χ2v) is 8.57. The number of carbonyl (C=O) groups is 1. The van der Waals surface area contributed by atoms with Gasteiger partial charge in [0.25, 0.3) is 5.22 Å². The molecule has 8 heteroatoms. The molecule has 0 bridgehead atoms. The number of aromatic nitrogens is 2. The standard InChI is InChI=1S/C21H21BrN4O2S/c22-18-9-5-4-8-17(18)20-23-24-21(28-20)29-15-19(27)26-12-10-25(11-13-26)14-16-6-2-1-3-7-16/h1-9H,10-15H2. The maximum Gasteiger partial charge on any atom is 0.277 e. The van der Waals surface area contributed by atoms with Gasteiger partial charge in [0.2, 0.25) is 11.8 Å². The maximum absolute atomic E-state index is 12.6. The minimum absolute atomic E-state index is 0.106. The second-order valence-electron chi connectivity index (χ2n) is 6.78. The van der Waals surface area contributed by atoms with E-state index in [-0.39, 0.29) is 5.91 Å². The van der Waals surface area contributed by atoms with Gasteiger partial charge in [-0.05, 0) is 33.6 Å². The van der Waals surface area contributed by atoms with Crippen molar-refractivity contribution in [3.8, 4) is 11.5 Å². The summed E-state index contributed by atoms with van der Waals surface area (Å²) in [7, 11) is 0. The van der Waals surface area contributed by atoms with Crippen LogP contribution in [0.5, 0.6) is 0 Å². The highest BCUT2D eigenvalue weighted by atomic mass is 79.9. The van der Waals surface area contributed by atoms with E-state index in [1.165, 1.54) is 17.3 Å². The molecule has 1 aliphatic rings. The number of hydrogen-bond acceptors (Lipinski definition) is 6. The van der Waals surface area contributed by atoms with Gasteiger partial charge < -0.3 is 9.32 Å². The summed E-state index contributed by atoms with van der Waals surface area (Å²) in [5, 5.41) is 8.55. The summed E-state index contributed by atoms with van der Waals surface area (Å²) in [5.41, 5.74) is 2.15. The van der Waals surface area contributed by atoms with E-state index >= 15 is 0 Å². The average Bonchev–Trinajstić information content (AvgIpc) is 3.22. The number of piperazine rings is 1. The Hall–Kier alpha value is -2.16. The summed E-state index contributed by atoms with van der Waals surface area (Å²) in [6.45, 7) is 4.20. The van der Waals surface area contributed by atoms with Crippen LogP contribution in [-0.2, 0) is 11.3 Å². The van der Waals surface area contributed by atoms with Gasteiger partial charge in [0.1, 0.15) is 0 Å². The minimum Gasteiger partial charge on any atom is -0.411 e. The Balaban J connectivity index is 1.25. The molecule has 1 amide bonds. The van der Waals surface area contributed by atoms with Gasteiger partial charge in [-0.25, -0.2) is 0 Å². The second kappa shape index (κ2) is 9.56. The van der Waals surface area contributed by atoms with Gasteiger partial charge in [0.15, 0.2) is 0 Å². The van der Waals surface area contributed by atoms with Crippen molar-refractivity contribution in [2.75, 3.05) is 31.9 Å². The van der Waals surface area contributed by atoms with E-state index in [4.69, 9.17) is 4.42 Å². The van der Waals surface area contributed by atoms with Gasteiger partial charge in [0.05, 0.1) is 11.3 Å². The highest BCUT2D eigenvalue weighted by Gasteiger charge is 2.22. The van der Waals surface area contributed by atoms with E-state index in [0.717, 1.165) is 42.8 Å². The Kier molecular flexibility index (Phi) is 6.63. The van der Waals surface area contributed by atoms with Gasteiger partial charge >= 0.3 is 0 Å². The molecule has 0 unspecified atom stereocenters. The Labute approximate surface area is 182 Å². The molecule has 4 rings (SSSR count). The lowest BCUT2D eigenvalue weighted by Gasteiger charge is -2.34. The lowest BCUT2D eigenvalue weighted by atomic mass is 10.2. The minimum atomic E-state index is 0.106. The smallest absolute Gasteiger partial charge is 0.277 e. The number of carbonyl (C=O) groups excluding carboxylic acids is 1. The first-order chi connectivity index (χ1) is 14.2. The molecule has 1 fully saturated rings. The molecule has 2 aromatic carbocycles. The third-order valence-corrected chi connectivity index (χ3v) is 6.30. The number of thioether (sulfide) groups is 1. The third kappa shape index (κ3) is 5.26. The summed E-state index contributed by atoms with van der Waals surface area (Å²) in [6, 6.07) is 18.1. The number of halogens is 1. The highest BCUT2D eigenvalue weighted by molar-refractivity contribution is 9.10. The summed E-state index contributed by atoms with van der Waals surface area (Å²) in [5.74, 6) is 0.855. The van der Waals surface area contributed by atoms with Crippen LogP contribution in [0.4, 0.5) is 0 Å². The van der Waals surface area contributed by atoms with Crippen molar-refractivity contribution < 1.29 is 9.21 Å². The summed E-state index contributed by atoms with van der Waals surface area (Å²) in [6.07, 6.45) is 0. The van der Waals surface area contributed by atoms with Gasteiger partial charge in [-0.2, -0.15) is 0 Å². The molecule has 0 radical (unpaired) electrons. The maximum atomic E-state index is 12.6. The third-order valence-electron chi connectivity index (χ3n) is 4.80. The predicted octanol–water partition coefficient (Wildman–Crippen LogP) is 3.94. The first-order valence-corrected chi connectivity index (χ1v) is 11.2. The van der Waals surface area contributed by atoms with E-state index in [0.29, 0.717) is 16.9 Å². The fraction of sp³-hybridized carbons (Fsp3) is 0.286. The molecule has 0 atom stereocenters. The molecular weight excluding hydrogens is 452 g/mol. The fourth-order valence-electron chi connectivity index (χ4n) is 3.22. The highest BCUT2D eigenvalue weighted by Crippen LogP contribution is 2.29. The number of amides is 1. The fourth-order valence-corrected chi connectivity index (χ4v) is 4.34. The molecule has 3 aromatic rings. The lowest BCUT2D eigenvalue weighted by molar-refractivity contribution is -0.130. The number of benzene rings is 2. The SMILES string of the molecule is O=C(CSc1nnc(-c2ccccc2Br)o1)N1CCN(Cc2ccccc2)CC1. The normalized spacial score (nSPS) is 14.9. The van der Waals surface area contributed by atoms with E-state index in [1.807, 2.05) is 35.2 Å². The van der Waals surface area contributed by atoms with Crippen molar-refractivity contribution in [2.45, 2.75) is 11.8 Å². The molecule has 0 N–H and O–H groups in total. The lowest BCUT2D eigenvalue weighted by Crippen LogP contribution is -2.48. The zero-order valence-electron chi connectivity index (χ0n) is 15.8. The zero-order chi connectivity index (χ0) is 20.1. The van der Waals surface area contributed by atoms with Crippen LogP contribution in [0.1, 0.15) is 5.56 Å². The van der Waals surface area contributed by atoms with Crippen LogP contribution >= 0.6 is 27.7 Å². The van der Waals surface area contributed by atoms with Crippen molar-refractivity contribution in [1.82, 2.24) is 20.0 Å². The molecular formula is C21H21BrN4O2S. The Morgan fingerprint density at radius 2 is 1.72 bits per heavy atom. The van der Waals surface area contributed by atoms with E-state index < -0.39 is 0 Å². The van der Waals surface area contributed by atoms with Crippen LogP contribution in [0.15, 0.2) is 68.7 Å². The number of rotatable bonds is 6. The van der Waals surface area contributed by atoms with Crippen molar-refractivity contribution in [1.29, 1.82) is 0 Å². The van der Waals surface area contributed by atoms with E-state index in [9.17, 15) is 4.79 Å². The monoisotopic (exact) mass is 472 g/mol. The molecule has 1 aromatic heterocycles. The molecule has 1 aliphatic heterocycles. The summed E-state index contributed by atoms with van der Waals surface area (Å²) < 4.78 is 6.60. The summed E-state index contributed by atoms with van der Waals surface area (Å²) >= 11 is 4.77. The predicted molar refractivity (Wildman–Crippen MR) is 116 cm³/mol. The van der Waals surface area contributed by atoms with E-state index in [2.05, 4.69) is 55.3 Å². The van der Waals surface area contributed by atoms with Gasteiger partial charge in [-0.15, -0.1) is 10.2 Å². The van der Waals surface area contributed by atoms with Crippen LogP contribution in [0.3, 0.4) is 0 Å². The molecule has 29 heavy (non-hydrogen) atoms. The first-order valence-electron chi connectivity index (χ1n) is 9.44. The van der Waals surface area contributed by atoms with Gasteiger partial charge in [-0.3, -0.25) is 9.69 Å². The van der Waals surface area contributed by atoms with Crippen LogP contribution in [-0.4, -0.2) is 57.8 Å². The largest absolute Gasteiger partial charge is 0.411 e. The Morgan fingerprint density at radius 1 is 1.00 bits per heavy atom. The van der Waals surface area contributed by atoms with Gasteiger partial charge in [-0.1, -0.05) is 54.2 Å². The molecule has 1 saturated heterocycles. The van der Waals surface area contributed by atoms with Crippen LogP contribution in [0.25, 0.3) is 11.5 Å². The molecule has 0 aliphatic carbocycles. The Bertz CT molecular complexity index is 958. The van der Waals surface area contributed by atoms with Gasteiger partial charge in [0, 0.05) is 37.2 Å². The van der Waals surface area contributed by atoms with Crippen LogP contribution in [0, 0.1) is 0 Å². The molecule has 0 spiro atoms. The van der Waals surface area contributed by atoms with Crippen molar-refractivity contribution in [3.05, 3.63) is 64.6 Å². The van der Waals surface area contributed by atoms with Crippen LogP contribution in [0.2, 0.25) is 0 Å². The first kappa shape index (κ1) is 20.1. The topological polar surface area (TPSA) is 62.5 Å². The zero-order valence-corrected chi connectivity index (χ0v) is 18.2. The van der Waals surface area contributed by atoms with Crippen molar-refractivity contribution in [3.63, 3.8) is 0 Å². The average molecular weight is 473 g/mol. The van der Waals surface area contributed by atoms with Crippen LogP contribution < -0.4 is 0 Å².